The molecule has 0 amide bonds. The Morgan fingerprint density at radius 3 is 3.00 bits per heavy atom. The minimum atomic E-state index is 0.595. The highest BCUT2D eigenvalue weighted by Gasteiger charge is 1.91. The van der Waals surface area contributed by atoms with E-state index in [9.17, 15) is 0 Å². The molecule has 0 aromatic carbocycles. The van der Waals surface area contributed by atoms with E-state index in [2.05, 4.69) is 24.4 Å². The Morgan fingerprint density at radius 1 is 1.70 bits per heavy atom. The van der Waals surface area contributed by atoms with E-state index in [0.29, 0.717) is 5.88 Å². The van der Waals surface area contributed by atoms with Crippen LogP contribution in [-0.4, -0.2) is 5.88 Å². The lowest BCUT2D eigenvalue weighted by molar-refractivity contribution is 1.53. The molecule has 0 aliphatic carbocycles. The third-order valence-electron chi connectivity index (χ3n) is 1.26. The van der Waals surface area contributed by atoms with Gasteiger partial charge in [0, 0.05) is 10.8 Å². The van der Waals surface area contributed by atoms with E-state index in [0.717, 1.165) is 0 Å². The van der Waals surface area contributed by atoms with Crippen molar-refractivity contribution >= 4 is 29.0 Å². The average molecular weight is 173 g/mol. The van der Waals surface area contributed by atoms with Gasteiger partial charge in [-0.2, -0.15) is 0 Å². The van der Waals surface area contributed by atoms with Gasteiger partial charge in [-0.15, -0.1) is 22.9 Å². The fourth-order valence-electron chi connectivity index (χ4n) is 0.707. The standard InChI is InChI=1S/C8H9ClS/c1-7-4-6-10-8(7)3-2-5-9/h2-4,6H,5H2,1H3. The SMILES string of the molecule is Cc1ccsc1C=CCCl. The van der Waals surface area contributed by atoms with Gasteiger partial charge in [-0.1, -0.05) is 6.08 Å². The number of rotatable bonds is 2. The largest absolute Gasteiger partial charge is 0.144 e. The Bertz CT molecular complexity index is 225. The first-order chi connectivity index (χ1) is 4.84. The third kappa shape index (κ3) is 1.86. The van der Waals surface area contributed by atoms with Gasteiger partial charge < -0.3 is 0 Å². The Hall–Kier alpha value is -0.270. The van der Waals surface area contributed by atoms with E-state index in [1.165, 1.54) is 10.4 Å². The summed E-state index contributed by atoms with van der Waals surface area (Å²) in [4.78, 5) is 1.31. The van der Waals surface area contributed by atoms with E-state index in [4.69, 9.17) is 11.6 Å². The molecular formula is C8H9ClS. The molecule has 0 radical (unpaired) electrons. The summed E-state index contributed by atoms with van der Waals surface area (Å²) in [7, 11) is 0. The first-order valence-electron chi connectivity index (χ1n) is 3.11. The van der Waals surface area contributed by atoms with E-state index in [-0.39, 0.29) is 0 Å². The lowest BCUT2D eigenvalue weighted by atomic mass is 10.3. The molecule has 0 spiro atoms. The van der Waals surface area contributed by atoms with Crippen LogP contribution in [0.2, 0.25) is 0 Å². The van der Waals surface area contributed by atoms with E-state index in [1.54, 1.807) is 11.3 Å². The minimum absolute atomic E-state index is 0.595. The van der Waals surface area contributed by atoms with Crippen LogP contribution in [-0.2, 0) is 0 Å². The topological polar surface area (TPSA) is 0 Å². The van der Waals surface area contributed by atoms with Crippen LogP contribution in [0.3, 0.4) is 0 Å². The van der Waals surface area contributed by atoms with Gasteiger partial charge in [-0.25, -0.2) is 0 Å². The highest BCUT2D eigenvalue weighted by molar-refractivity contribution is 7.11. The van der Waals surface area contributed by atoms with Crippen LogP contribution in [0.15, 0.2) is 17.5 Å². The molecule has 0 unspecified atom stereocenters. The first kappa shape index (κ1) is 7.83. The molecular weight excluding hydrogens is 164 g/mol. The normalized spacial score (nSPS) is 11.0. The summed E-state index contributed by atoms with van der Waals surface area (Å²) < 4.78 is 0. The predicted molar refractivity (Wildman–Crippen MR) is 48.8 cm³/mol. The Labute approximate surface area is 70.1 Å². The monoisotopic (exact) mass is 172 g/mol. The molecule has 0 aliphatic heterocycles. The van der Waals surface area contributed by atoms with Crippen molar-refractivity contribution in [1.29, 1.82) is 0 Å². The summed E-state index contributed by atoms with van der Waals surface area (Å²) in [6, 6.07) is 2.11. The Balaban J connectivity index is 2.74. The molecule has 1 rings (SSSR count). The molecule has 1 heterocycles. The molecule has 0 atom stereocenters. The predicted octanol–water partition coefficient (Wildman–Crippen LogP) is 3.31. The summed E-state index contributed by atoms with van der Waals surface area (Å²) in [5.74, 6) is 0.595. The second-order valence-corrected chi connectivity index (χ2v) is 3.28. The maximum atomic E-state index is 5.49. The van der Waals surface area contributed by atoms with Gasteiger partial charge in [0.05, 0.1) is 0 Å². The number of hydrogen-bond donors (Lipinski definition) is 0. The van der Waals surface area contributed by atoms with Crippen molar-refractivity contribution in [2.24, 2.45) is 0 Å². The Morgan fingerprint density at radius 2 is 2.50 bits per heavy atom. The minimum Gasteiger partial charge on any atom is -0.144 e. The summed E-state index contributed by atoms with van der Waals surface area (Å²) >= 11 is 7.23. The Kier molecular flexibility index (Phi) is 2.97. The number of thiophene rings is 1. The molecule has 0 bridgehead atoms. The number of alkyl halides is 1. The molecule has 0 saturated carbocycles. The van der Waals surface area contributed by atoms with Crippen LogP contribution in [0.1, 0.15) is 10.4 Å². The highest BCUT2D eigenvalue weighted by Crippen LogP contribution is 2.16. The maximum absolute atomic E-state index is 5.49. The van der Waals surface area contributed by atoms with Gasteiger partial charge in [0.1, 0.15) is 0 Å². The zero-order chi connectivity index (χ0) is 7.40. The molecule has 54 valence electrons. The van der Waals surface area contributed by atoms with Crippen molar-refractivity contribution in [3.05, 3.63) is 28.0 Å². The van der Waals surface area contributed by atoms with Crippen LogP contribution in [0.4, 0.5) is 0 Å². The number of aryl methyl sites for hydroxylation is 1. The fraction of sp³-hybridized carbons (Fsp3) is 0.250. The van der Waals surface area contributed by atoms with E-state index in [1.807, 2.05) is 6.08 Å². The molecule has 0 fully saturated rings. The quantitative estimate of drug-likeness (QED) is 0.601. The molecule has 0 aliphatic rings. The van der Waals surface area contributed by atoms with Crippen LogP contribution in [0, 0.1) is 6.92 Å². The first-order valence-corrected chi connectivity index (χ1v) is 4.52. The van der Waals surface area contributed by atoms with Gasteiger partial charge in [0.2, 0.25) is 0 Å². The second kappa shape index (κ2) is 3.79. The number of halogens is 1. The van der Waals surface area contributed by atoms with Gasteiger partial charge in [0.15, 0.2) is 0 Å². The van der Waals surface area contributed by atoms with Crippen molar-refractivity contribution < 1.29 is 0 Å². The van der Waals surface area contributed by atoms with Crippen LogP contribution in [0.25, 0.3) is 6.08 Å². The van der Waals surface area contributed by atoms with Gasteiger partial charge in [-0.05, 0) is 30.0 Å². The molecule has 2 heteroatoms. The maximum Gasteiger partial charge on any atom is 0.0407 e. The molecule has 0 N–H and O–H groups in total. The van der Waals surface area contributed by atoms with Crippen molar-refractivity contribution in [2.45, 2.75) is 6.92 Å². The van der Waals surface area contributed by atoms with Gasteiger partial charge in [-0.3, -0.25) is 0 Å². The van der Waals surface area contributed by atoms with Gasteiger partial charge in [0.25, 0.3) is 0 Å². The lowest BCUT2D eigenvalue weighted by Gasteiger charge is -1.86. The van der Waals surface area contributed by atoms with Crippen LogP contribution >= 0.6 is 22.9 Å². The summed E-state index contributed by atoms with van der Waals surface area (Å²) in [6.07, 6.45) is 4.02. The number of hydrogen-bond acceptors (Lipinski definition) is 1. The average Bonchev–Trinajstić information content (AvgIpc) is 2.31. The number of allylic oxidation sites excluding steroid dienone is 1. The second-order valence-electron chi connectivity index (χ2n) is 2.02. The van der Waals surface area contributed by atoms with Crippen molar-refractivity contribution in [2.75, 3.05) is 5.88 Å². The van der Waals surface area contributed by atoms with Crippen molar-refractivity contribution in [1.82, 2.24) is 0 Å². The smallest absolute Gasteiger partial charge is 0.0407 e. The zero-order valence-corrected chi connectivity index (χ0v) is 7.38. The summed E-state index contributed by atoms with van der Waals surface area (Å²) in [6.45, 7) is 2.10. The van der Waals surface area contributed by atoms with Crippen molar-refractivity contribution in [3.63, 3.8) is 0 Å². The molecule has 0 nitrogen and oxygen atoms in total. The zero-order valence-electron chi connectivity index (χ0n) is 5.80. The summed E-state index contributed by atoms with van der Waals surface area (Å²) in [5, 5.41) is 2.09. The van der Waals surface area contributed by atoms with Gasteiger partial charge >= 0.3 is 0 Å². The fourth-order valence-corrected chi connectivity index (χ4v) is 1.64. The lowest BCUT2D eigenvalue weighted by Crippen LogP contribution is -1.67. The highest BCUT2D eigenvalue weighted by atomic mass is 35.5. The van der Waals surface area contributed by atoms with E-state index >= 15 is 0 Å². The molecule has 1 aromatic rings. The molecule has 1 aromatic heterocycles. The van der Waals surface area contributed by atoms with E-state index < -0.39 is 0 Å². The van der Waals surface area contributed by atoms with Crippen LogP contribution < -0.4 is 0 Å². The third-order valence-corrected chi connectivity index (χ3v) is 2.42. The molecule has 0 saturated heterocycles. The van der Waals surface area contributed by atoms with Crippen LogP contribution in [0.5, 0.6) is 0 Å². The summed E-state index contributed by atoms with van der Waals surface area (Å²) in [5.41, 5.74) is 1.33. The molecule has 10 heavy (non-hydrogen) atoms. The van der Waals surface area contributed by atoms with Crippen molar-refractivity contribution in [3.8, 4) is 0 Å².